The van der Waals surface area contributed by atoms with Crippen molar-refractivity contribution in [2.24, 2.45) is 0 Å². The number of rotatable bonds is 3. The van der Waals surface area contributed by atoms with Gasteiger partial charge in [0.05, 0.1) is 29.8 Å². The third-order valence-electron chi connectivity index (χ3n) is 6.65. The van der Waals surface area contributed by atoms with Gasteiger partial charge in [-0.1, -0.05) is 11.6 Å². The van der Waals surface area contributed by atoms with Gasteiger partial charge in [-0.05, 0) is 54.7 Å². The number of likely N-dealkylation sites (tertiary alicyclic amines) is 1. The van der Waals surface area contributed by atoms with Gasteiger partial charge in [0, 0.05) is 42.9 Å². The fourth-order valence-corrected chi connectivity index (χ4v) is 4.85. The number of hydrogen-bond donors (Lipinski definition) is 5. The van der Waals surface area contributed by atoms with Gasteiger partial charge >= 0.3 is 6.03 Å². The van der Waals surface area contributed by atoms with Gasteiger partial charge in [0.2, 0.25) is 5.95 Å². The molecule has 2 aliphatic heterocycles. The van der Waals surface area contributed by atoms with Crippen LogP contribution in [0.5, 0.6) is 0 Å². The maximum atomic E-state index is 13.0. The average molecular weight is 545 g/mol. The van der Waals surface area contributed by atoms with E-state index in [0.29, 0.717) is 60.4 Å². The number of benzene rings is 1. The number of amides is 3. The minimum atomic E-state index is -0.325. The standard InChI is InChI=1S/C26H25ClN10O2/c27-21-13-29-25-33-20-7-15(9-28-12-20)1-2-16-8-18(32-23(21)36-25)3-4-22(16)35-26(39)34-19-5-6-37(14-19)24(38)17-10-30-31-11-17/h3-4,7-13,19H,1-2,5-6,14H2,(H,30,31)(H2,34,35,39)(H2,29,32,33,36)/t19-/m0/s1. The number of pyridine rings is 1. The summed E-state index contributed by atoms with van der Waals surface area (Å²) in [5.41, 5.74) is 4.69. The number of aromatic amines is 1. The molecule has 39 heavy (non-hydrogen) atoms. The third kappa shape index (κ3) is 5.60. The summed E-state index contributed by atoms with van der Waals surface area (Å²) in [6.07, 6.45) is 10.2. The molecule has 5 N–H and O–H groups in total. The van der Waals surface area contributed by atoms with E-state index in [1.807, 2.05) is 30.5 Å². The van der Waals surface area contributed by atoms with Crippen molar-refractivity contribution in [1.82, 2.24) is 35.4 Å². The molecule has 3 amide bonds. The number of nitrogens with zero attached hydrogens (tertiary/aromatic N) is 5. The molecule has 2 aliphatic rings. The Balaban J connectivity index is 1.19. The van der Waals surface area contributed by atoms with E-state index < -0.39 is 0 Å². The monoisotopic (exact) mass is 544 g/mol. The highest BCUT2D eigenvalue weighted by Gasteiger charge is 2.28. The van der Waals surface area contributed by atoms with Crippen LogP contribution in [-0.2, 0) is 12.8 Å². The van der Waals surface area contributed by atoms with Crippen LogP contribution in [0.2, 0.25) is 5.02 Å². The Kier molecular flexibility index (Phi) is 6.68. The van der Waals surface area contributed by atoms with Gasteiger partial charge in [-0.15, -0.1) is 0 Å². The first-order valence-electron chi connectivity index (χ1n) is 12.5. The Hall–Kier alpha value is -4.71. The lowest BCUT2D eigenvalue weighted by atomic mass is 10.0. The lowest BCUT2D eigenvalue weighted by molar-refractivity contribution is 0.0789. The van der Waals surface area contributed by atoms with E-state index in [2.05, 4.69) is 46.4 Å². The first-order valence-corrected chi connectivity index (χ1v) is 12.9. The van der Waals surface area contributed by atoms with Crippen molar-refractivity contribution in [3.05, 3.63) is 77.0 Å². The Morgan fingerprint density at radius 3 is 2.85 bits per heavy atom. The van der Waals surface area contributed by atoms with E-state index in [1.54, 1.807) is 17.3 Å². The predicted molar refractivity (Wildman–Crippen MR) is 147 cm³/mol. The topological polar surface area (TPSA) is 153 Å². The van der Waals surface area contributed by atoms with Crippen molar-refractivity contribution < 1.29 is 9.59 Å². The summed E-state index contributed by atoms with van der Waals surface area (Å²) in [7, 11) is 0. The smallest absolute Gasteiger partial charge is 0.319 e. The number of aromatic nitrogens is 5. The zero-order valence-corrected chi connectivity index (χ0v) is 21.5. The maximum Gasteiger partial charge on any atom is 0.319 e. The minimum absolute atomic E-state index is 0.104. The van der Waals surface area contributed by atoms with Crippen molar-refractivity contribution in [1.29, 1.82) is 0 Å². The molecule has 198 valence electrons. The van der Waals surface area contributed by atoms with E-state index in [4.69, 9.17) is 11.6 Å². The number of carbonyl (C=O) groups excluding carboxylic acids is 2. The van der Waals surface area contributed by atoms with Gasteiger partial charge in [0.25, 0.3) is 5.91 Å². The first-order chi connectivity index (χ1) is 19.0. The summed E-state index contributed by atoms with van der Waals surface area (Å²) in [4.78, 5) is 40.4. The molecule has 13 heteroatoms. The molecule has 1 saturated heterocycles. The number of nitrogens with one attached hydrogen (secondary N) is 5. The number of urea groups is 1. The quantitative estimate of drug-likeness (QED) is 0.260. The number of halogens is 1. The number of fused-ring (bicyclic) bond motifs is 6. The number of H-pyrrole nitrogens is 1. The van der Waals surface area contributed by atoms with Gasteiger partial charge in [0.15, 0.2) is 5.82 Å². The summed E-state index contributed by atoms with van der Waals surface area (Å²) in [6.45, 7) is 1.00. The summed E-state index contributed by atoms with van der Waals surface area (Å²) >= 11 is 6.35. The molecule has 5 heterocycles. The fraction of sp³-hybridized carbons (Fsp3) is 0.231. The Morgan fingerprint density at radius 1 is 1.05 bits per heavy atom. The van der Waals surface area contributed by atoms with E-state index in [1.165, 1.54) is 12.4 Å². The van der Waals surface area contributed by atoms with E-state index in [0.717, 1.165) is 22.5 Å². The van der Waals surface area contributed by atoms with Gasteiger partial charge in [0.1, 0.15) is 5.02 Å². The van der Waals surface area contributed by atoms with Crippen LogP contribution in [0.25, 0.3) is 0 Å². The van der Waals surface area contributed by atoms with Crippen LogP contribution in [0.1, 0.15) is 27.9 Å². The van der Waals surface area contributed by atoms with Crippen molar-refractivity contribution in [2.75, 3.05) is 29.0 Å². The number of aryl methyl sites for hydroxylation is 2. The SMILES string of the molecule is O=C(Nc1ccc2cc1CCc1cncc(c1)Nc1ncc(Cl)c(n1)N2)N[C@H]1CCN(C(=O)c2cn[nH]c2)C1. The molecule has 0 spiro atoms. The molecule has 0 saturated carbocycles. The Bertz CT molecular complexity index is 1530. The molecule has 4 aromatic rings. The molecule has 6 rings (SSSR count). The van der Waals surface area contributed by atoms with Crippen LogP contribution in [0, 0.1) is 0 Å². The highest BCUT2D eigenvalue weighted by molar-refractivity contribution is 6.32. The molecule has 6 bridgehead atoms. The summed E-state index contributed by atoms with van der Waals surface area (Å²) in [5, 5.41) is 19.3. The van der Waals surface area contributed by atoms with Crippen LogP contribution in [0.3, 0.4) is 0 Å². The number of hydrogen-bond acceptors (Lipinski definition) is 8. The summed E-state index contributed by atoms with van der Waals surface area (Å²) in [5.74, 6) is 0.748. The Labute approximate surface area is 228 Å². The average Bonchev–Trinajstić information content (AvgIpc) is 3.63. The molecule has 0 aliphatic carbocycles. The largest absolute Gasteiger partial charge is 0.339 e. The van der Waals surface area contributed by atoms with E-state index >= 15 is 0 Å². The lowest BCUT2D eigenvalue weighted by Gasteiger charge is -2.18. The Morgan fingerprint density at radius 2 is 1.97 bits per heavy atom. The van der Waals surface area contributed by atoms with Crippen molar-refractivity contribution in [3.8, 4) is 0 Å². The summed E-state index contributed by atoms with van der Waals surface area (Å²) < 4.78 is 0. The second-order valence-electron chi connectivity index (χ2n) is 9.42. The van der Waals surface area contributed by atoms with Gasteiger partial charge < -0.3 is 26.2 Å². The third-order valence-corrected chi connectivity index (χ3v) is 6.93. The number of anilines is 5. The fourth-order valence-electron chi connectivity index (χ4n) is 4.71. The van der Waals surface area contributed by atoms with Crippen molar-refractivity contribution in [2.45, 2.75) is 25.3 Å². The maximum absolute atomic E-state index is 13.0. The van der Waals surface area contributed by atoms with Crippen LogP contribution in [-0.4, -0.2) is 61.1 Å². The molecule has 1 atom stereocenters. The first kappa shape index (κ1) is 24.6. The molecule has 0 radical (unpaired) electrons. The molecule has 0 unspecified atom stereocenters. The lowest BCUT2D eigenvalue weighted by Crippen LogP contribution is -2.40. The van der Waals surface area contributed by atoms with Gasteiger partial charge in [-0.25, -0.2) is 9.78 Å². The number of carbonyl (C=O) groups is 2. The summed E-state index contributed by atoms with van der Waals surface area (Å²) in [6, 6.07) is 7.19. The predicted octanol–water partition coefficient (Wildman–Crippen LogP) is 3.87. The van der Waals surface area contributed by atoms with Crippen LogP contribution >= 0.6 is 11.6 Å². The van der Waals surface area contributed by atoms with E-state index in [9.17, 15) is 9.59 Å². The zero-order valence-electron chi connectivity index (χ0n) is 20.7. The second kappa shape index (κ2) is 10.6. The normalized spacial score (nSPS) is 16.1. The van der Waals surface area contributed by atoms with Crippen LogP contribution < -0.4 is 21.3 Å². The highest BCUT2D eigenvalue weighted by atomic mass is 35.5. The molecule has 1 aromatic carbocycles. The van der Waals surface area contributed by atoms with Gasteiger partial charge in [-0.2, -0.15) is 10.1 Å². The van der Waals surface area contributed by atoms with Crippen molar-refractivity contribution in [3.63, 3.8) is 0 Å². The highest BCUT2D eigenvalue weighted by Crippen LogP contribution is 2.29. The molecular weight excluding hydrogens is 520 g/mol. The van der Waals surface area contributed by atoms with E-state index in [-0.39, 0.29) is 18.0 Å². The molecular formula is C26H25ClN10O2. The molecule has 12 nitrogen and oxygen atoms in total. The van der Waals surface area contributed by atoms with Crippen LogP contribution in [0.4, 0.5) is 33.6 Å². The molecule has 1 fully saturated rings. The van der Waals surface area contributed by atoms with Crippen LogP contribution in [0.15, 0.2) is 55.2 Å². The second-order valence-corrected chi connectivity index (χ2v) is 9.82. The zero-order chi connectivity index (χ0) is 26.8. The minimum Gasteiger partial charge on any atom is -0.339 e. The van der Waals surface area contributed by atoms with Crippen molar-refractivity contribution >= 4 is 52.4 Å². The van der Waals surface area contributed by atoms with Gasteiger partial charge in [-0.3, -0.25) is 14.9 Å². The molecule has 3 aromatic heterocycles.